The average molecular weight is 532 g/mol. The monoisotopic (exact) mass is 531 g/mol. The van der Waals surface area contributed by atoms with E-state index in [4.69, 9.17) is 4.98 Å². The molecule has 0 aliphatic heterocycles. The van der Waals surface area contributed by atoms with E-state index in [9.17, 15) is 4.39 Å². The van der Waals surface area contributed by atoms with Gasteiger partial charge in [-0.2, -0.15) is 5.10 Å². The van der Waals surface area contributed by atoms with Crippen molar-refractivity contribution in [2.45, 2.75) is 39.2 Å². The van der Waals surface area contributed by atoms with Crippen LogP contribution in [-0.2, 0) is 6.54 Å². The van der Waals surface area contributed by atoms with E-state index in [0.717, 1.165) is 63.2 Å². The summed E-state index contributed by atoms with van der Waals surface area (Å²) in [7, 11) is 0. The maximum Gasteiger partial charge on any atom is 0.178 e. The highest BCUT2D eigenvalue weighted by Gasteiger charge is 2.17. The van der Waals surface area contributed by atoms with Crippen LogP contribution in [0.15, 0.2) is 67.1 Å². The van der Waals surface area contributed by atoms with Crippen molar-refractivity contribution in [2.24, 2.45) is 5.92 Å². The summed E-state index contributed by atoms with van der Waals surface area (Å²) in [5.41, 5.74) is 8.69. The van der Waals surface area contributed by atoms with Gasteiger partial charge in [0.2, 0.25) is 0 Å². The van der Waals surface area contributed by atoms with Gasteiger partial charge in [0.1, 0.15) is 11.5 Å². The minimum atomic E-state index is -0.270. The molecule has 4 heterocycles. The number of benzene rings is 2. The second-order valence-electron chi connectivity index (χ2n) is 10.9. The molecule has 2 aromatic carbocycles. The molecule has 0 spiro atoms. The second-order valence-corrected chi connectivity index (χ2v) is 10.9. The lowest BCUT2D eigenvalue weighted by Gasteiger charge is -2.11. The molecule has 8 heteroatoms. The van der Waals surface area contributed by atoms with E-state index in [2.05, 4.69) is 48.7 Å². The molecule has 1 aliphatic carbocycles. The fraction of sp³-hybridized carbons (Fsp3) is 0.250. The van der Waals surface area contributed by atoms with Crippen LogP contribution in [0.25, 0.3) is 55.8 Å². The van der Waals surface area contributed by atoms with Crippen molar-refractivity contribution in [1.29, 1.82) is 0 Å². The molecule has 0 atom stereocenters. The summed E-state index contributed by atoms with van der Waals surface area (Å²) < 4.78 is 14.2. The number of halogens is 1. The molecule has 3 N–H and O–H groups in total. The predicted octanol–water partition coefficient (Wildman–Crippen LogP) is 6.96. The Balaban J connectivity index is 1.21. The van der Waals surface area contributed by atoms with Gasteiger partial charge >= 0.3 is 0 Å². The van der Waals surface area contributed by atoms with E-state index >= 15 is 0 Å². The van der Waals surface area contributed by atoms with Gasteiger partial charge < -0.3 is 10.3 Å². The first-order valence-corrected chi connectivity index (χ1v) is 13.9. The molecule has 0 amide bonds. The number of nitrogens with one attached hydrogen (secondary N) is 3. The zero-order valence-corrected chi connectivity index (χ0v) is 22.3. The second kappa shape index (κ2) is 10.3. The summed E-state index contributed by atoms with van der Waals surface area (Å²) in [5.74, 6) is 1.14. The average Bonchev–Trinajstić information content (AvgIpc) is 3.71. The van der Waals surface area contributed by atoms with Crippen molar-refractivity contribution >= 4 is 22.1 Å². The minimum Gasteiger partial charge on any atom is -0.335 e. The van der Waals surface area contributed by atoms with Crippen LogP contribution in [0.2, 0.25) is 0 Å². The maximum absolute atomic E-state index is 14.2. The van der Waals surface area contributed by atoms with Gasteiger partial charge in [0, 0.05) is 41.6 Å². The maximum atomic E-state index is 14.2. The first kappa shape index (κ1) is 24.6. The number of aryl methyl sites for hydroxylation is 1. The third-order valence-corrected chi connectivity index (χ3v) is 7.90. The summed E-state index contributed by atoms with van der Waals surface area (Å²) in [6.45, 7) is 3.77. The van der Waals surface area contributed by atoms with E-state index in [1.54, 1.807) is 6.20 Å². The van der Waals surface area contributed by atoms with Gasteiger partial charge in [0.15, 0.2) is 11.5 Å². The van der Waals surface area contributed by atoms with Gasteiger partial charge in [0.05, 0.1) is 11.0 Å². The van der Waals surface area contributed by atoms with Gasteiger partial charge in [-0.25, -0.2) is 14.4 Å². The summed E-state index contributed by atoms with van der Waals surface area (Å²) >= 11 is 0. The number of fused-ring (bicyclic) bond motifs is 2. The number of rotatable bonds is 7. The standard InChI is InChI=1S/C32H30FN7/c1-19-10-23(13-25(33)11-19)26-8-9-36-31-29(26)37-32(38-31)30-27-14-22(6-7-28(27)39-40-30)24-12-21(17-35-18-24)16-34-15-20-4-2-3-5-20/h6-14,17-18,20,34H,2-5,15-16H2,1H3,(H,39,40)(H,36,37,38). The van der Waals surface area contributed by atoms with Crippen molar-refractivity contribution in [3.05, 3.63) is 84.1 Å². The fourth-order valence-electron chi connectivity index (χ4n) is 5.91. The summed E-state index contributed by atoms with van der Waals surface area (Å²) in [6, 6.07) is 15.3. The van der Waals surface area contributed by atoms with E-state index in [0.29, 0.717) is 17.2 Å². The number of pyridine rings is 2. The molecule has 4 aromatic heterocycles. The quantitative estimate of drug-likeness (QED) is 0.207. The molecule has 1 aliphatic rings. The lowest BCUT2D eigenvalue weighted by molar-refractivity contribution is 0.489. The number of hydrogen-bond donors (Lipinski definition) is 3. The summed E-state index contributed by atoms with van der Waals surface area (Å²) in [4.78, 5) is 17.1. The van der Waals surface area contributed by atoms with Crippen LogP contribution in [0, 0.1) is 18.7 Å². The lowest BCUT2D eigenvalue weighted by Crippen LogP contribution is -2.20. The van der Waals surface area contributed by atoms with Gasteiger partial charge in [-0.3, -0.25) is 10.1 Å². The fourth-order valence-corrected chi connectivity index (χ4v) is 5.91. The third kappa shape index (κ3) is 4.75. The van der Waals surface area contributed by atoms with Crippen LogP contribution in [0.1, 0.15) is 36.8 Å². The molecule has 0 radical (unpaired) electrons. The van der Waals surface area contributed by atoms with Gasteiger partial charge in [-0.1, -0.05) is 25.0 Å². The Hall–Kier alpha value is -4.43. The molecule has 40 heavy (non-hydrogen) atoms. The SMILES string of the molecule is Cc1cc(F)cc(-c2ccnc3nc(-c4n[nH]c5ccc(-c6cncc(CNCC7CCCC7)c6)cc45)[nH]c23)c1. The topological polar surface area (TPSA) is 95.2 Å². The number of nitrogens with zero attached hydrogens (tertiary/aromatic N) is 4. The van der Waals surface area contributed by atoms with Crippen LogP contribution in [0.5, 0.6) is 0 Å². The van der Waals surface area contributed by atoms with Crippen molar-refractivity contribution in [1.82, 2.24) is 35.5 Å². The van der Waals surface area contributed by atoms with Crippen LogP contribution >= 0.6 is 0 Å². The van der Waals surface area contributed by atoms with E-state index in [1.807, 2.05) is 37.5 Å². The molecular weight excluding hydrogens is 501 g/mol. The molecule has 0 saturated heterocycles. The Morgan fingerprint density at radius 2 is 1.88 bits per heavy atom. The zero-order chi connectivity index (χ0) is 27.1. The minimum absolute atomic E-state index is 0.270. The van der Waals surface area contributed by atoms with Crippen molar-refractivity contribution < 1.29 is 4.39 Å². The summed E-state index contributed by atoms with van der Waals surface area (Å²) in [6.07, 6.45) is 10.9. The highest BCUT2D eigenvalue weighted by molar-refractivity contribution is 5.97. The highest BCUT2D eigenvalue weighted by atomic mass is 19.1. The highest BCUT2D eigenvalue weighted by Crippen LogP contribution is 2.33. The molecule has 7 rings (SSSR count). The number of aromatic nitrogens is 6. The van der Waals surface area contributed by atoms with Gasteiger partial charge in [-0.15, -0.1) is 0 Å². The summed E-state index contributed by atoms with van der Waals surface area (Å²) in [5, 5.41) is 12.3. The van der Waals surface area contributed by atoms with E-state index in [-0.39, 0.29) is 5.82 Å². The Morgan fingerprint density at radius 1 is 0.975 bits per heavy atom. The first-order chi connectivity index (χ1) is 19.6. The number of aromatic amines is 2. The molecule has 0 unspecified atom stereocenters. The van der Waals surface area contributed by atoms with Crippen LogP contribution in [0.3, 0.4) is 0 Å². The van der Waals surface area contributed by atoms with Gasteiger partial charge in [-0.05, 0) is 90.9 Å². The number of H-pyrrole nitrogens is 2. The molecule has 0 bridgehead atoms. The molecule has 6 aromatic rings. The van der Waals surface area contributed by atoms with Crippen molar-refractivity contribution in [3.8, 4) is 33.8 Å². The van der Waals surface area contributed by atoms with Crippen LogP contribution < -0.4 is 5.32 Å². The largest absolute Gasteiger partial charge is 0.335 e. The Labute approximate surface area is 231 Å². The van der Waals surface area contributed by atoms with Crippen molar-refractivity contribution in [2.75, 3.05) is 6.54 Å². The normalized spacial score (nSPS) is 14.1. The first-order valence-electron chi connectivity index (χ1n) is 13.9. The predicted molar refractivity (Wildman–Crippen MR) is 156 cm³/mol. The van der Waals surface area contributed by atoms with E-state index < -0.39 is 0 Å². The molecule has 7 nitrogen and oxygen atoms in total. The lowest BCUT2D eigenvalue weighted by atomic mass is 10.0. The Morgan fingerprint density at radius 3 is 2.75 bits per heavy atom. The number of imidazole rings is 1. The smallest absolute Gasteiger partial charge is 0.178 e. The van der Waals surface area contributed by atoms with Gasteiger partial charge in [0.25, 0.3) is 0 Å². The van der Waals surface area contributed by atoms with E-state index in [1.165, 1.54) is 43.4 Å². The zero-order valence-electron chi connectivity index (χ0n) is 22.3. The molecule has 200 valence electrons. The van der Waals surface area contributed by atoms with Crippen molar-refractivity contribution in [3.63, 3.8) is 0 Å². The molecule has 1 saturated carbocycles. The molecule has 1 fully saturated rings. The Bertz CT molecular complexity index is 1810. The number of hydrogen-bond acceptors (Lipinski definition) is 5. The molecular formula is C32H30FN7. The van der Waals surface area contributed by atoms with Crippen LogP contribution in [-0.4, -0.2) is 36.7 Å². The van der Waals surface area contributed by atoms with Crippen LogP contribution in [0.4, 0.5) is 4.39 Å². The third-order valence-electron chi connectivity index (χ3n) is 7.90. The Kier molecular flexibility index (Phi) is 6.32.